The van der Waals surface area contributed by atoms with E-state index in [1.165, 1.54) is 0 Å². The second-order valence-corrected chi connectivity index (χ2v) is 7.07. The van der Waals surface area contributed by atoms with Gasteiger partial charge in [-0.15, -0.1) is 10.2 Å². The van der Waals surface area contributed by atoms with Crippen LogP contribution >= 0.6 is 11.8 Å². The predicted octanol–water partition coefficient (Wildman–Crippen LogP) is 3.02. The smallest absolute Gasteiger partial charge is 0.316 e. The monoisotopic (exact) mass is 350 g/mol. The fourth-order valence-corrected chi connectivity index (χ4v) is 2.58. The molecular weight excluding hydrogens is 332 g/mol. The normalized spacial score (nSPS) is 16.7. The highest BCUT2D eigenvalue weighted by Gasteiger charge is 2.27. The fraction of sp³-hybridized carbons (Fsp3) is 0.438. The minimum Gasteiger partial charge on any atom is -0.485 e. The molecule has 3 rings (SSSR count). The molecule has 0 fully saturated rings. The van der Waals surface area contributed by atoms with E-state index in [-0.39, 0.29) is 18.3 Å². The first kappa shape index (κ1) is 16.6. The Hall–Kier alpha value is -2.22. The summed E-state index contributed by atoms with van der Waals surface area (Å²) in [6.07, 6.45) is -0.469. The van der Waals surface area contributed by atoms with Crippen molar-refractivity contribution < 1.29 is 23.4 Å². The molecule has 0 bridgehead atoms. The highest BCUT2D eigenvalue weighted by atomic mass is 32.2. The number of hydrogen-bond acceptors (Lipinski definition) is 8. The molecule has 128 valence electrons. The molecule has 0 aliphatic carbocycles. The lowest BCUT2D eigenvalue weighted by atomic mass is 10.2. The first-order valence-corrected chi connectivity index (χ1v) is 8.46. The SMILES string of the molecule is CC(C)(C)OC(=O)CSc1nnc(C2COc3ccccc3O2)o1. The van der Waals surface area contributed by atoms with Crippen LogP contribution < -0.4 is 9.47 Å². The number of fused-ring (bicyclic) bond motifs is 1. The highest BCUT2D eigenvalue weighted by molar-refractivity contribution is 7.99. The molecule has 7 nitrogen and oxygen atoms in total. The summed E-state index contributed by atoms with van der Waals surface area (Å²) in [7, 11) is 0. The fourth-order valence-electron chi connectivity index (χ4n) is 2.04. The number of para-hydroxylation sites is 2. The van der Waals surface area contributed by atoms with E-state index in [4.69, 9.17) is 18.6 Å². The number of benzene rings is 1. The van der Waals surface area contributed by atoms with Crippen molar-refractivity contribution in [1.82, 2.24) is 10.2 Å². The molecule has 0 spiro atoms. The molecule has 24 heavy (non-hydrogen) atoms. The Morgan fingerprint density at radius 2 is 2.04 bits per heavy atom. The van der Waals surface area contributed by atoms with Gasteiger partial charge in [-0.2, -0.15) is 0 Å². The second kappa shape index (κ2) is 6.72. The largest absolute Gasteiger partial charge is 0.485 e. The van der Waals surface area contributed by atoms with E-state index in [1.807, 2.05) is 45.0 Å². The number of aromatic nitrogens is 2. The standard InChI is InChI=1S/C16H18N2O5S/c1-16(2,3)23-13(19)9-24-15-18-17-14(22-15)12-8-20-10-6-4-5-7-11(10)21-12/h4-7,12H,8-9H2,1-3H3. The molecule has 2 heterocycles. The molecule has 1 unspecified atom stereocenters. The van der Waals surface area contributed by atoms with E-state index < -0.39 is 11.7 Å². The summed E-state index contributed by atoms with van der Waals surface area (Å²) in [6, 6.07) is 7.39. The predicted molar refractivity (Wildman–Crippen MR) is 86.2 cm³/mol. The number of ether oxygens (including phenoxy) is 3. The van der Waals surface area contributed by atoms with Gasteiger partial charge in [-0.05, 0) is 32.9 Å². The van der Waals surface area contributed by atoms with E-state index in [0.29, 0.717) is 22.6 Å². The van der Waals surface area contributed by atoms with E-state index in [2.05, 4.69) is 10.2 Å². The highest BCUT2D eigenvalue weighted by Crippen LogP contribution is 2.35. The third-order valence-corrected chi connectivity index (χ3v) is 3.73. The van der Waals surface area contributed by atoms with Crippen molar-refractivity contribution in [3.63, 3.8) is 0 Å². The first-order valence-electron chi connectivity index (χ1n) is 7.47. The van der Waals surface area contributed by atoms with Gasteiger partial charge in [0, 0.05) is 0 Å². The average molecular weight is 350 g/mol. The number of carbonyl (C=O) groups excluding carboxylic acids is 1. The van der Waals surface area contributed by atoms with Crippen LogP contribution in [0.3, 0.4) is 0 Å². The summed E-state index contributed by atoms with van der Waals surface area (Å²) in [5.41, 5.74) is -0.516. The van der Waals surface area contributed by atoms with Crippen LogP contribution in [0.2, 0.25) is 0 Å². The summed E-state index contributed by atoms with van der Waals surface area (Å²) in [5.74, 6) is 1.40. The molecule has 1 aromatic heterocycles. The maximum Gasteiger partial charge on any atom is 0.316 e. The number of hydrogen-bond donors (Lipinski definition) is 0. The Balaban J connectivity index is 1.57. The minimum absolute atomic E-state index is 0.101. The molecule has 1 aliphatic heterocycles. The van der Waals surface area contributed by atoms with Crippen molar-refractivity contribution in [2.45, 2.75) is 37.7 Å². The summed E-state index contributed by atoms with van der Waals surface area (Å²) >= 11 is 1.13. The Morgan fingerprint density at radius 3 is 2.79 bits per heavy atom. The van der Waals surface area contributed by atoms with Gasteiger partial charge < -0.3 is 18.6 Å². The van der Waals surface area contributed by atoms with Crippen LogP contribution in [0.1, 0.15) is 32.8 Å². The minimum atomic E-state index is -0.516. The molecule has 2 aromatic rings. The van der Waals surface area contributed by atoms with Crippen molar-refractivity contribution in [3.05, 3.63) is 30.2 Å². The van der Waals surface area contributed by atoms with E-state index in [1.54, 1.807) is 0 Å². The summed E-state index contributed by atoms with van der Waals surface area (Å²) in [6.45, 7) is 5.74. The first-order chi connectivity index (χ1) is 11.4. The van der Waals surface area contributed by atoms with Gasteiger partial charge in [0.15, 0.2) is 11.5 Å². The second-order valence-electron chi connectivity index (χ2n) is 6.15. The number of carbonyl (C=O) groups is 1. The van der Waals surface area contributed by atoms with E-state index >= 15 is 0 Å². The van der Waals surface area contributed by atoms with Gasteiger partial charge in [-0.3, -0.25) is 4.79 Å². The molecule has 1 atom stereocenters. The zero-order valence-corrected chi connectivity index (χ0v) is 14.5. The molecule has 0 saturated carbocycles. The lowest BCUT2D eigenvalue weighted by molar-refractivity contribution is -0.151. The van der Waals surface area contributed by atoms with Gasteiger partial charge >= 0.3 is 5.97 Å². The van der Waals surface area contributed by atoms with E-state index in [0.717, 1.165) is 11.8 Å². The van der Waals surface area contributed by atoms with Crippen LogP contribution in [0, 0.1) is 0 Å². The van der Waals surface area contributed by atoms with Crippen LogP contribution in [-0.4, -0.2) is 34.1 Å². The molecule has 1 aromatic carbocycles. The van der Waals surface area contributed by atoms with Crippen LogP contribution in [0.25, 0.3) is 0 Å². The lowest BCUT2D eigenvalue weighted by Gasteiger charge is -2.23. The summed E-state index contributed by atoms with van der Waals surface area (Å²) in [5, 5.41) is 8.18. The number of nitrogens with zero attached hydrogens (tertiary/aromatic N) is 2. The van der Waals surface area contributed by atoms with E-state index in [9.17, 15) is 4.79 Å². The molecule has 0 N–H and O–H groups in total. The van der Waals surface area contributed by atoms with Crippen LogP contribution in [0.4, 0.5) is 0 Å². The van der Waals surface area contributed by atoms with Gasteiger partial charge in [0.1, 0.15) is 18.0 Å². The molecular formula is C16H18N2O5S. The van der Waals surface area contributed by atoms with Gasteiger partial charge in [0.05, 0.1) is 0 Å². The van der Waals surface area contributed by atoms with Gasteiger partial charge in [-0.1, -0.05) is 23.9 Å². The van der Waals surface area contributed by atoms with Gasteiger partial charge in [0.25, 0.3) is 11.1 Å². The average Bonchev–Trinajstić information content (AvgIpc) is 3.00. The summed E-state index contributed by atoms with van der Waals surface area (Å²) in [4.78, 5) is 11.7. The number of rotatable bonds is 4. The lowest BCUT2D eigenvalue weighted by Crippen LogP contribution is -2.24. The van der Waals surface area contributed by atoms with Gasteiger partial charge in [-0.25, -0.2) is 0 Å². The molecule has 0 saturated heterocycles. The zero-order valence-electron chi connectivity index (χ0n) is 13.6. The maximum atomic E-state index is 11.7. The Morgan fingerprint density at radius 1 is 1.29 bits per heavy atom. The van der Waals surface area contributed by atoms with Crippen molar-refractivity contribution in [3.8, 4) is 11.5 Å². The zero-order chi connectivity index (χ0) is 17.2. The molecule has 0 amide bonds. The quantitative estimate of drug-likeness (QED) is 0.615. The Labute approximate surface area is 143 Å². The third kappa shape index (κ3) is 4.19. The summed E-state index contributed by atoms with van der Waals surface area (Å²) < 4.78 is 22.2. The van der Waals surface area contributed by atoms with Crippen molar-refractivity contribution in [2.24, 2.45) is 0 Å². The Bertz CT molecular complexity index is 725. The van der Waals surface area contributed by atoms with Crippen LogP contribution in [0.5, 0.6) is 11.5 Å². The van der Waals surface area contributed by atoms with Crippen molar-refractivity contribution in [2.75, 3.05) is 12.4 Å². The number of thioether (sulfide) groups is 1. The van der Waals surface area contributed by atoms with Crippen molar-refractivity contribution >= 4 is 17.7 Å². The van der Waals surface area contributed by atoms with Gasteiger partial charge in [0.2, 0.25) is 6.10 Å². The topological polar surface area (TPSA) is 83.7 Å². The molecule has 8 heteroatoms. The molecule has 1 aliphatic rings. The third-order valence-electron chi connectivity index (χ3n) is 2.94. The maximum absolute atomic E-state index is 11.7. The molecule has 0 radical (unpaired) electrons. The van der Waals surface area contributed by atoms with Crippen LogP contribution in [0.15, 0.2) is 33.9 Å². The van der Waals surface area contributed by atoms with Crippen molar-refractivity contribution in [1.29, 1.82) is 0 Å². The Kier molecular flexibility index (Phi) is 4.66. The van der Waals surface area contributed by atoms with Crippen LogP contribution in [-0.2, 0) is 9.53 Å². The number of esters is 1.